The molecule has 0 unspecified atom stereocenters. The second-order valence-electron chi connectivity index (χ2n) is 4.44. The van der Waals surface area contributed by atoms with Crippen LogP contribution in [0, 0.1) is 0 Å². The summed E-state index contributed by atoms with van der Waals surface area (Å²) in [6, 6.07) is -0.633. The summed E-state index contributed by atoms with van der Waals surface area (Å²) in [5, 5.41) is 4.05. The second-order valence-corrected chi connectivity index (χ2v) is 5.71. The molecule has 108 valence electrons. The van der Waals surface area contributed by atoms with Crippen molar-refractivity contribution in [1.29, 1.82) is 0 Å². The van der Waals surface area contributed by atoms with E-state index in [1.54, 1.807) is 13.0 Å². The molecule has 1 aliphatic heterocycles. The molecular formula is C13H15F2N3OS. The number of rotatable bonds is 4. The molecule has 0 amide bonds. The second kappa shape index (κ2) is 5.78. The van der Waals surface area contributed by atoms with Gasteiger partial charge < -0.3 is 0 Å². The monoisotopic (exact) mass is 299 g/mol. The summed E-state index contributed by atoms with van der Waals surface area (Å²) in [4.78, 5) is 3.91. The Morgan fingerprint density at radius 1 is 1.60 bits per heavy atom. The number of aromatic nitrogens is 3. The summed E-state index contributed by atoms with van der Waals surface area (Å²) in [5.41, 5.74) is 0.142. The molecule has 7 heteroatoms. The summed E-state index contributed by atoms with van der Waals surface area (Å²) in [7, 11) is -1.40. The van der Waals surface area contributed by atoms with Gasteiger partial charge in [-0.15, -0.1) is 5.10 Å². The van der Waals surface area contributed by atoms with Crippen molar-refractivity contribution >= 4 is 10.8 Å². The SMILES string of the molecule is C=C(/C(F)=C\C=C/C)[C@@H]1C[C@H](F)c2nc([S@](C)=O)nn21. The van der Waals surface area contributed by atoms with E-state index in [4.69, 9.17) is 0 Å². The van der Waals surface area contributed by atoms with Gasteiger partial charge in [-0.2, -0.15) is 0 Å². The minimum atomic E-state index is -1.40. The smallest absolute Gasteiger partial charge is 0.238 e. The van der Waals surface area contributed by atoms with Crippen molar-refractivity contribution in [3.05, 3.63) is 42.0 Å². The van der Waals surface area contributed by atoms with Gasteiger partial charge in [0.25, 0.3) is 0 Å². The van der Waals surface area contributed by atoms with Crippen molar-refractivity contribution < 1.29 is 13.0 Å². The predicted molar refractivity (Wildman–Crippen MR) is 73.0 cm³/mol. The molecule has 0 aliphatic carbocycles. The Balaban J connectivity index is 2.33. The average molecular weight is 299 g/mol. The minimum Gasteiger partial charge on any atom is -0.251 e. The lowest BCUT2D eigenvalue weighted by atomic mass is 10.0. The lowest BCUT2D eigenvalue weighted by Crippen LogP contribution is -2.09. The van der Waals surface area contributed by atoms with Crippen LogP contribution in [0.1, 0.15) is 31.4 Å². The third-order valence-corrected chi connectivity index (χ3v) is 3.73. The van der Waals surface area contributed by atoms with E-state index in [2.05, 4.69) is 16.7 Å². The summed E-state index contributed by atoms with van der Waals surface area (Å²) in [6.45, 7) is 5.43. The highest BCUT2D eigenvalue weighted by Crippen LogP contribution is 2.41. The molecule has 0 N–H and O–H groups in total. The Labute approximate surface area is 118 Å². The van der Waals surface area contributed by atoms with Gasteiger partial charge in [-0.05, 0) is 13.0 Å². The quantitative estimate of drug-likeness (QED) is 0.803. The molecule has 1 aromatic rings. The van der Waals surface area contributed by atoms with Gasteiger partial charge >= 0.3 is 0 Å². The number of allylic oxidation sites excluding steroid dienone is 5. The van der Waals surface area contributed by atoms with Gasteiger partial charge in [0, 0.05) is 18.2 Å². The Bertz CT molecular complexity index is 621. The third-order valence-electron chi connectivity index (χ3n) is 3.04. The molecule has 4 nitrogen and oxygen atoms in total. The highest BCUT2D eigenvalue weighted by Gasteiger charge is 2.37. The van der Waals surface area contributed by atoms with Crippen molar-refractivity contribution in [2.75, 3.05) is 6.26 Å². The number of alkyl halides is 1. The molecular weight excluding hydrogens is 284 g/mol. The molecule has 20 heavy (non-hydrogen) atoms. The maximum atomic E-state index is 13.9. The lowest BCUT2D eigenvalue weighted by Gasteiger charge is -2.12. The number of nitrogens with zero attached hydrogens (tertiary/aromatic N) is 3. The zero-order valence-corrected chi connectivity index (χ0v) is 12.0. The predicted octanol–water partition coefficient (Wildman–Crippen LogP) is 2.96. The summed E-state index contributed by atoms with van der Waals surface area (Å²) in [6.07, 6.45) is 4.59. The fourth-order valence-electron chi connectivity index (χ4n) is 2.02. The van der Waals surface area contributed by atoms with E-state index < -0.39 is 28.8 Å². The van der Waals surface area contributed by atoms with E-state index in [-0.39, 0.29) is 23.0 Å². The topological polar surface area (TPSA) is 47.8 Å². The highest BCUT2D eigenvalue weighted by molar-refractivity contribution is 7.84. The maximum Gasteiger partial charge on any atom is 0.238 e. The highest BCUT2D eigenvalue weighted by atomic mass is 32.2. The number of hydrogen-bond donors (Lipinski definition) is 0. The molecule has 0 spiro atoms. The number of halogens is 2. The van der Waals surface area contributed by atoms with E-state index in [1.807, 2.05) is 0 Å². The molecule has 0 aromatic carbocycles. The first-order chi connectivity index (χ1) is 9.45. The van der Waals surface area contributed by atoms with Gasteiger partial charge in [0.2, 0.25) is 5.16 Å². The average Bonchev–Trinajstić information content (AvgIpc) is 2.96. The van der Waals surface area contributed by atoms with Gasteiger partial charge in [-0.25, -0.2) is 18.4 Å². The maximum absolute atomic E-state index is 13.9. The van der Waals surface area contributed by atoms with Gasteiger partial charge in [-0.1, -0.05) is 18.7 Å². The van der Waals surface area contributed by atoms with E-state index in [9.17, 15) is 13.0 Å². The first kappa shape index (κ1) is 14.8. The van der Waals surface area contributed by atoms with Crippen LogP contribution in [0.25, 0.3) is 0 Å². The summed E-state index contributed by atoms with van der Waals surface area (Å²) < 4.78 is 40.4. The zero-order chi connectivity index (χ0) is 14.9. The minimum absolute atomic E-state index is 0.0435. The van der Waals surface area contributed by atoms with Crippen molar-refractivity contribution in [3.8, 4) is 0 Å². The van der Waals surface area contributed by atoms with Gasteiger partial charge in [-0.3, -0.25) is 4.21 Å². The largest absolute Gasteiger partial charge is 0.251 e. The Kier molecular flexibility index (Phi) is 4.27. The van der Waals surface area contributed by atoms with Gasteiger partial charge in [0.05, 0.1) is 16.8 Å². The van der Waals surface area contributed by atoms with Crippen LogP contribution < -0.4 is 0 Å². The van der Waals surface area contributed by atoms with Crippen LogP contribution in [0.15, 0.2) is 41.4 Å². The van der Waals surface area contributed by atoms with Crippen LogP contribution in [0.3, 0.4) is 0 Å². The molecule has 2 rings (SSSR count). The number of fused-ring (bicyclic) bond motifs is 1. The molecule has 3 atom stereocenters. The number of hydrogen-bond acceptors (Lipinski definition) is 3. The molecule has 1 aliphatic rings. The van der Waals surface area contributed by atoms with E-state index >= 15 is 0 Å². The van der Waals surface area contributed by atoms with Crippen molar-refractivity contribution in [2.45, 2.75) is 30.7 Å². The Hall–Kier alpha value is -1.63. The zero-order valence-electron chi connectivity index (χ0n) is 11.2. The van der Waals surface area contributed by atoms with Gasteiger partial charge in [0.15, 0.2) is 12.0 Å². The summed E-state index contributed by atoms with van der Waals surface area (Å²) >= 11 is 0. The van der Waals surface area contributed by atoms with E-state index in [0.717, 1.165) is 0 Å². The molecule has 0 bridgehead atoms. The molecule has 0 saturated heterocycles. The Morgan fingerprint density at radius 2 is 2.30 bits per heavy atom. The van der Waals surface area contributed by atoms with Crippen LogP contribution in [0.2, 0.25) is 0 Å². The third kappa shape index (κ3) is 2.63. The van der Waals surface area contributed by atoms with E-state index in [0.29, 0.717) is 0 Å². The molecule has 0 radical (unpaired) electrons. The summed E-state index contributed by atoms with van der Waals surface area (Å²) in [5.74, 6) is -0.442. The lowest BCUT2D eigenvalue weighted by molar-refractivity contribution is 0.325. The van der Waals surface area contributed by atoms with Crippen LogP contribution >= 0.6 is 0 Å². The van der Waals surface area contributed by atoms with Crippen LogP contribution in [-0.2, 0) is 10.8 Å². The molecule has 1 aromatic heterocycles. The fourth-order valence-corrected chi connectivity index (χ4v) is 2.44. The van der Waals surface area contributed by atoms with Crippen molar-refractivity contribution in [1.82, 2.24) is 14.8 Å². The molecule has 2 heterocycles. The van der Waals surface area contributed by atoms with Crippen LogP contribution in [0.4, 0.5) is 8.78 Å². The normalized spacial score (nSPS) is 24.1. The van der Waals surface area contributed by atoms with Crippen LogP contribution in [0.5, 0.6) is 0 Å². The molecule has 0 fully saturated rings. The van der Waals surface area contributed by atoms with Crippen molar-refractivity contribution in [3.63, 3.8) is 0 Å². The fraction of sp³-hybridized carbons (Fsp3) is 0.385. The van der Waals surface area contributed by atoms with Gasteiger partial charge in [0.1, 0.15) is 5.83 Å². The Morgan fingerprint density at radius 3 is 2.90 bits per heavy atom. The standard InChI is InChI=1S/C13H15F2N3OS/c1-4-5-6-9(14)8(2)11-7-10(15)12-16-13(20(3)19)17-18(11)12/h4-6,10-11H,2,7H2,1,3H3/b5-4-,9-6+/t10-,11-,20-/m0/s1. The van der Waals surface area contributed by atoms with E-state index in [1.165, 1.54) is 23.1 Å². The van der Waals surface area contributed by atoms with Crippen LogP contribution in [-0.4, -0.2) is 25.2 Å². The van der Waals surface area contributed by atoms with Crippen molar-refractivity contribution in [2.24, 2.45) is 0 Å². The first-order valence-corrected chi connectivity index (χ1v) is 7.63. The molecule has 0 saturated carbocycles. The first-order valence-electron chi connectivity index (χ1n) is 6.07.